The number of benzene rings is 2. The molecule has 0 radical (unpaired) electrons. The van der Waals surface area contributed by atoms with E-state index in [2.05, 4.69) is 12.6 Å². The van der Waals surface area contributed by atoms with Gasteiger partial charge < -0.3 is 23.8 Å². The van der Waals surface area contributed by atoms with Gasteiger partial charge in [0.2, 0.25) is 0 Å². The molecule has 0 spiro atoms. The van der Waals surface area contributed by atoms with E-state index in [0.29, 0.717) is 51.5 Å². The Morgan fingerprint density at radius 1 is 1.21 bits per heavy atom. The lowest BCUT2D eigenvalue weighted by atomic mass is 9.86. The molecule has 9 heteroatoms. The van der Waals surface area contributed by atoms with Crippen molar-refractivity contribution in [3.05, 3.63) is 59.4 Å². The summed E-state index contributed by atoms with van der Waals surface area (Å²) < 4.78 is 36.9. The maximum absolute atomic E-state index is 14.4. The number of amides is 2. The SMILES string of the molecule is COC1(c2cc(F)cc(OCc3ccc(N(C)C(=O)N4CCOC(S)C4)cc3)c2)CCOCC1. The summed E-state index contributed by atoms with van der Waals surface area (Å²) in [6, 6.07) is 12.2. The maximum Gasteiger partial charge on any atom is 0.324 e. The fraction of sp³-hybridized carbons (Fsp3) is 0.480. The molecule has 2 aromatic carbocycles. The number of rotatable bonds is 6. The van der Waals surface area contributed by atoms with Gasteiger partial charge in [0.1, 0.15) is 23.6 Å². The zero-order valence-corrected chi connectivity index (χ0v) is 20.4. The number of carbonyl (C=O) groups excluding carboxylic acids is 1. The number of nitrogens with zero attached hydrogens (tertiary/aromatic N) is 2. The highest BCUT2D eigenvalue weighted by Gasteiger charge is 2.35. The van der Waals surface area contributed by atoms with Crippen LogP contribution in [0.15, 0.2) is 42.5 Å². The Hall–Kier alpha value is -2.33. The van der Waals surface area contributed by atoms with E-state index < -0.39 is 5.60 Å². The van der Waals surface area contributed by atoms with Crippen molar-refractivity contribution in [1.82, 2.24) is 4.90 Å². The Bertz CT molecular complexity index is 984. The van der Waals surface area contributed by atoms with Gasteiger partial charge >= 0.3 is 6.03 Å². The molecule has 1 unspecified atom stereocenters. The Labute approximate surface area is 205 Å². The molecule has 0 saturated carbocycles. The van der Waals surface area contributed by atoms with Crippen LogP contribution in [-0.4, -0.2) is 63.4 Å². The topological polar surface area (TPSA) is 60.5 Å². The molecule has 2 aliphatic heterocycles. The minimum atomic E-state index is -0.565. The van der Waals surface area contributed by atoms with Gasteiger partial charge in [-0.15, -0.1) is 12.6 Å². The number of methoxy groups -OCH3 is 1. The molecule has 1 atom stereocenters. The van der Waals surface area contributed by atoms with Gasteiger partial charge in [0.15, 0.2) is 0 Å². The zero-order valence-electron chi connectivity index (χ0n) is 19.5. The van der Waals surface area contributed by atoms with Crippen LogP contribution in [0.3, 0.4) is 0 Å². The summed E-state index contributed by atoms with van der Waals surface area (Å²) in [5, 5.41) is 0. The summed E-state index contributed by atoms with van der Waals surface area (Å²) in [5.41, 5.74) is 1.61. The van der Waals surface area contributed by atoms with Crippen molar-refractivity contribution < 1.29 is 28.1 Å². The van der Waals surface area contributed by atoms with E-state index in [9.17, 15) is 9.18 Å². The molecule has 0 bridgehead atoms. The second kappa shape index (κ2) is 10.9. The molecule has 0 aromatic heterocycles. The molecule has 2 aromatic rings. The standard InChI is InChI=1S/C25H31FN2O5S/c1-27(24(29)28-9-12-32-23(34)16-28)21-5-3-18(4-6-21)17-33-22-14-19(13-20(26)15-22)25(30-2)7-10-31-11-8-25/h3-6,13-15,23,34H,7-12,16-17H2,1-2H3. The fourth-order valence-electron chi connectivity index (χ4n) is 4.33. The Morgan fingerprint density at radius 2 is 1.94 bits per heavy atom. The molecule has 34 heavy (non-hydrogen) atoms. The fourth-order valence-corrected chi connectivity index (χ4v) is 4.63. The Balaban J connectivity index is 1.39. The number of anilines is 1. The van der Waals surface area contributed by atoms with Gasteiger partial charge in [0.05, 0.1) is 18.8 Å². The van der Waals surface area contributed by atoms with Gasteiger partial charge in [-0.3, -0.25) is 4.90 Å². The molecule has 2 aliphatic rings. The van der Waals surface area contributed by atoms with Gasteiger partial charge in [-0.05, 0) is 35.4 Å². The molecular weight excluding hydrogens is 459 g/mol. The highest BCUT2D eigenvalue weighted by Crippen LogP contribution is 2.37. The monoisotopic (exact) mass is 490 g/mol. The van der Waals surface area contributed by atoms with Crippen molar-refractivity contribution in [1.29, 1.82) is 0 Å². The van der Waals surface area contributed by atoms with Crippen LogP contribution in [-0.2, 0) is 26.4 Å². The number of urea groups is 1. The van der Waals surface area contributed by atoms with Crippen LogP contribution in [0.2, 0.25) is 0 Å². The number of thiol groups is 1. The van der Waals surface area contributed by atoms with Crippen LogP contribution < -0.4 is 9.64 Å². The van der Waals surface area contributed by atoms with Crippen LogP contribution in [0, 0.1) is 5.82 Å². The first-order valence-corrected chi connectivity index (χ1v) is 11.9. The molecular formula is C25H31FN2O5S. The number of carbonyl (C=O) groups is 1. The summed E-state index contributed by atoms with van der Waals surface area (Å²) in [6.07, 6.45) is 1.33. The van der Waals surface area contributed by atoms with E-state index in [1.54, 1.807) is 24.0 Å². The molecule has 7 nitrogen and oxygen atoms in total. The lowest BCUT2D eigenvalue weighted by Gasteiger charge is -2.36. The van der Waals surface area contributed by atoms with Gasteiger partial charge in [0.25, 0.3) is 0 Å². The minimum Gasteiger partial charge on any atom is -0.489 e. The molecule has 2 saturated heterocycles. The number of morpholine rings is 1. The van der Waals surface area contributed by atoms with E-state index >= 15 is 0 Å². The lowest BCUT2D eigenvalue weighted by molar-refractivity contribution is -0.0950. The first-order chi connectivity index (χ1) is 16.4. The van der Waals surface area contributed by atoms with Crippen molar-refractivity contribution in [3.8, 4) is 5.75 Å². The van der Waals surface area contributed by atoms with Crippen molar-refractivity contribution in [2.24, 2.45) is 0 Å². The van der Waals surface area contributed by atoms with E-state index in [0.717, 1.165) is 16.8 Å². The molecule has 2 heterocycles. The first kappa shape index (κ1) is 24.8. The van der Waals surface area contributed by atoms with Crippen LogP contribution in [0.4, 0.5) is 14.9 Å². The second-order valence-corrected chi connectivity index (χ2v) is 9.13. The molecule has 4 rings (SSSR count). The summed E-state index contributed by atoms with van der Waals surface area (Å²) in [4.78, 5) is 16.1. The molecule has 184 valence electrons. The summed E-state index contributed by atoms with van der Waals surface area (Å²) >= 11 is 4.31. The molecule has 0 N–H and O–H groups in total. The van der Waals surface area contributed by atoms with Crippen molar-refractivity contribution in [2.75, 3.05) is 52.0 Å². The van der Waals surface area contributed by atoms with Gasteiger partial charge in [-0.25, -0.2) is 9.18 Å². The lowest BCUT2D eigenvalue weighted by Crippen LogP contribution is -2.49. The smallest absolute Gasteiger partial charge is 0.324 e. The Kier molecular flexibility index (Phi) is 7.98. The summed E-state index contributed by atoms with van der Waals surface area (Å²) in [7, 11) is 3.39. The maximum atomic E-state index is 14.4. The molecule has 2 amide bonds. The average Bonchev–Trinajstić information content (AvgIpc) is 2.87. The normalized spacial score (nSPS) is 20.1. The van der Waals surface area contributed by atoms with Crippen molar-refractivity contribution in [2.45, 2.75) is 30.5 Å². The predicted octanol–water partition coefficient (Wildman–Crippen LogP) is 4.20. The van der Waals surface area contributed by atoms with Crippen molar-refractivity contribution >= 4 is 24.3 Å². The quantitative estimate of drug-likeness (QED) is 0.615. The van der Waals surface area contributed by atoms with Crippen LogP contribution in [0.25, 0.3) is 0 Å². The zero-order chi connectivity index (χ0) is 24.1. The third kappa shape index (κ3) is 5.66. The highest BCUT2D eigenvalue weighted by atomic mass is 32.1. The first-order valence-electron chi connectivity index (χ1n) is 11.4. The second-order valence-electron chi connectivity index (χ2n) is 8.55. The van der Waals surface area contributed by atoms with Crippen LogP contribution in [0.1, 0.15) is 24.0 Å². The van der Waals surface area contributed by atoms with Gasteiger partial charge in [0, 0.05) is 58.5 Å². The van der Waals surface area contributed by atoms with E-state index in [1.165, 1.54) is 12.1 Å². The molecule has 0 aliphatic carbocycles. The minimum absolute atomic E-state index is 0.0983. The number of halogens is 1. The summed E-state index contributed by atoms with van der Waals surface area (Å²) in [6.45, 7) is 2.89. The third-order valence-corrected chi connectivity index (χ3v) is 6.74. The van der Waals surface area contributed by atoms with Crippen LogP contribution in [0.5, 0.6) is 5.75 Å². The van der Waals surface area contributed by atoms with Gasteiger partial charge in [-0.2, -0.15) is 0 Å². The Morgan fingerprint density at radius 3 is 2.62 bits per heavy atom. The number of hydrogen-bond acceptors (Lipinski definition) is 6. The van der Waals surface area contributed by atoms with Gasteiger partial charge in [-0.1, -0.05) is 12.1 Å². The number of ether oxygens (including phenoxy) is 4. The van der Waals surface area contributed by atoms with E-state index in [4.69, 9.17) is 18.9 Å². The molecule has 2 fully saturated rings. The van der Waals surface area contributed by atoms with Crippen molar-refractivity contribution in [3.63, 3.8) is 0 Å². The summed E-state index contributed by atoms with van der Waals surface area (Å²) in [5.74, 6) is 0.0837. The third-order valence-electron chi connectivity index (χ3n) is 6.42. The highest BCUT2D eigenvalue weighted by molar-refractivity contribution is 7.80. The van der Waals surface area contributed by atoms with E-state index in [-0.39, 0.29) is 23.9 Å². The number of hydrogen-bond donors (Lipinski definition) is 1. The predicted molar refractivity (Wildman–Crippen MR) is 130 cm³/mol. The van der Waals surface area contributed by atoms with E-state index in [1.807, 2.05) is 30.3 Å². The van der Waals surface area contributed by atoms with Crippen LogP contribution >= 0.6 is 12.6 Å². The average molecular weight is 491 g/mol. The largest absolute Gasteiger partial charge is 0.489 e.